The van der Waals surface area contributed by atoms with E-state index in [0.29, 0.717) is 26.1 Å². The molecule has 2 rings (SSSR count). The van der Waals surface area contributed by atoms with Gasteiger partial charge in [0.1, 0.15) is 0 Å². The summed E-state index contributed by atoms with van der Waals surface area (Å²) in [6.45, 7) is 3.69. The minimum Gasteiger partial charge on any atom is -0.338 e. The van der Waals surface area contributed by atoms with Crippen molar-refractivity contribution in [3.05, 3.63) is 0 Å². The lowest BCUT2D eigenvalue weighted by atomic mass is 10.2. The van der Waals surface area contributed by atoms with Gasteiger partial charge in [-0.2, -0.15) is 0 Å². The number of nitrogens with one attached hydrogen (secondary N) is 1. The van der Waals surface area contributed by atoms with Gasteiger partial charge in [-0.3, -0.25) is 14.5 Å². The molecule has 2 fully saturated rings. The maximum atomic E-state index is 11.7. The van der Waals surface area contributed by atoms with E-state index in [1.807, 2.05) is 6.92 Å². The smallest absolute Gasteiger partial charge is 0.317 e. The van der Waals surface area contributed by atoms with E-state index in [2.05, 4.69) is 5.32 Å². The van der Waals surface area contributed by atoms with Crippen LogP contribution in [-0.2, 0) is 4.79 Å². The number of nitrogens with zero attached hydrogens (tertiary/aromatic N) is 2. The maximum absolute atomic E-state index is 11.7. The van der Waals surface area contributed by atoms with Crippen molar-refractivity contribution in [1.29, 1.82) is 0 Å². The first kappa shape index (κ1) is 13.2. The molecule has 18 heavy (non-hydrogen) atoms. The van der Waals surface area contributed by atoms with Gasteiger partial charge in [0, 0.05) is 19.6 Å². The van der Waals surface area contributed by atoms with Crippen molar-refractivity contribution < 1.29 is 14.4 Å². The van der Waals surface area contributed by atoms with Gasteiger partial charge >= 0.3 is 6.03 Å². The highest BCUT2D eigenvalue weighted by atomic mass is 32.2. The number of thioether (sulfide) groups is 1. The van der Waals surface area contributed by atoms with E-state index in [9.17, 15) is 14.4 Å². The van der Waals surface area contributed by atoms with E-state index in [1.165, 1.54) is 4.90 Å². The molecule has 0 saturated carbocycles. The summed E-state index contributed by atoms with van der Waals surface area (Å²) in [5.74, 6) is 0.1000. The molecule has 2 aliphatic heterocycles. The summed E-state index contributed by atoms with van der Waals surface area (Å²) >= 11 is 1.04. The van der Waals surface area contributed by atoms with Crippen LogP contribution in [0, 0.1) is 0 Å². The number of imide groups is 1. The lowest BCUT2D eigenvalue weighted by Crippen LogP contribution is -2.44. The molecule has 0 aromatic carbocycles. The molecule has 2 saturated heterocycles. The molecule has 100 valence electrons. The van der Waals surface area contributed by atoms with Crippen molar-refractivity contribution in [1.82, 2.24) is 15.1 Å². The summed E-state index contributed by atoms with van der Waals surface area (Å²) in [6, 6.07) is -0.251. The van der Waals surface area contributed by atoms with Crippen LogP contribution in [0.1, 0.15) is 19.8 Å². The molecule has 1 unspecified atom stereocenters. The average molecular weight is 271 g/mol. The third kappa shape index (κ3) is 2.60. The van der Waals surface area contributed by atoms with Crippen LogP contribution in [0.5, 0.6) is 0 Å². The monoisotopic (exact) mass is 271 g/mol. The number of carbonyl (C=O) groups is 3. The Balaban J connectivity index is 1.90. The molecule has 4 amide bonds. The highest BCUT2D eigenvalue weighted by Gasteiger charge is 2.40. The molecule has 2 heterocycles. The van der Waals surface area contributed by atoms with E-state index < -0.39 is 0 Å². The van der Waals surface area contributed by atoms with Crippen LogP contribution < -0.4 is 5.32 Å². The van der Waals surface area contributed by atoms with Gasteiger partial charge in [0.2, 0.25) is 5.91 Å². The number of likely N-dealkylation sites (tertiary alicyclic amines) is 1. The fraction of sp³-hybridized carbons (Fsp3) is 0.727. The molecule has 7 heteroatoms. The van der Waals surface area contributed by atoms with Crippen LogP contribution in [0.15, 0.2) is 0 Å². The van der Waals surface area contributed by atoms with Crippen LogP contribution in [-0.4, -0.2) is 58.4 Å². The zero-order valence-corrected chi connectivity index (χ0v) is 11.2. The van der Waals surface area contributed by atoms with Gasteiger partial charge in [0.15, 0.2) is 0 Å². The minimum atomic E-state index is -0.180. The number of amides is 4. The zero-order valence-electron chi connectivity index (χ0n) is 10.3. The standard InChI is InChI=1S/C11H17N3O3S/c1-2-4-12-10(16)13-5-3-8(6-13)14-9(15)7-18-11(14)17/h8H,2-7H2,1H3,(H,12,16). The highest BCUT2D eigenvalue weighted by Crippen LogP contribution is 2.26. The summed E-state index contributed by atoms with van der Waals surface area (Å²) in [5.41, 5.74) is 0. The molecule has 0 aliphatic carbocycles. The number of hydrogen-bond donors (Lipinski definition) is 1. The predicted octanol–water partition coefficient (Wildman–Crippen LogP) is 0.876. The van der Waals surface area contributed by atoms with Crippen molar-refractivity contribution in [3.8, 4) is 0 Å². The molecule has 1 N–H and O–H groups in total. The molecule has 1 atom stereocenters. The molecular formula is C11H17N3O3S. The Hall–Kier alpha value is -1.24. The van der Waals surface area contributed by atoms with Crippen LogP contribution in [0.25, 0.3) is 0 Å². The summed E-state index contributed by atoms with van der Waals surface area (Å²) < 4.78 is 0. The second-order valence-corrected chi connectivity index (χ2v) is 5.37. The lowest BCUT2D eigenvalue weighted by molar-refractivity contribution is -0.126. The van der Waals surface area contributed by atoms with E-state index in [-0.39, 0.29) is 29.0 Å². The summed E-state index contributed by atoms with van der Waals surface area (Å²) in [5, 5.41) is 2.62. The predicted molar refractivity (Wildman–Crippen MR) is 68.4 cm³/mol. The summed E-state index contributed by atoms with van der Waals surface area (Å²) in [6.07, 6.45) is 1.57. The van der Waals surface area contributed by atoms with Gasteiger partial charge in [0.25, 0.3) is 5.24 Å². The topological polar surface area (TPSA) is 69.7 Å². The molecule has 0 aromatic rings. The van der Waals surface area contributed by atoms with E-state index in [4.69, 9.17) is 0 Å². The molecule has 2 aliphatic rings. The number of urea groups is 1. The first-order valence-corrected chi connectivity index (χ1v) is 7.13. The van der Waals surface area contributed by atoms with Gasteiger partial charge in [-0.1, -0.05) is 18.7 Å². The van der Waals surface area contributed by atoms with Crippen molar-refractivity contribution in [2.24, 2.45) is 0 Å². The Kier molecular flexibility index (Phi) is 4.11. The van der Waals surface area contributed by atoms with Crippen LogP contribution in [0.3, 0.4) is 0 Å². The molecular weight excluding hydrogens is 254 g/mol. The van der Waals surface area contributed by atoms with Crippen LogP contribution in [0.4, 0.5) is 9.59 Å². The molecule has 6 nitrogen and oxygen atoms in total. The van der Waals surface area contributed by atoms with Gasteiger partial charge in [-0.25, -0.2) is 4.79 Å². The van der Waals surface area contributed by atoms with E-state index in [0.717, 1.165) is 18.2 Å². The normalized spacial score (nSPS) is 23.9. The SMILES string of the molecule is CCCNC(=O)N1CCC(N2C(=O)CSC2=O)C1. The second-order valence-electron chi connectivity index (χ2n) is 4.44. The van der Waals surface area contributed by atoms with Crippen molar-refractivity contribution in [2.75, 3.05) is 25.4 Å². The number of rotatable bonds is 3. The maximum Gasteiger partial charge on any atom is 0.317 e. The lowest BCUT2D eigenvalue weighted by Gasteiger charge is -2.22. The Morgan fingerprint density at radius 2 is 2.28 bits per heavy atom. The highest BCUT2D eigenvalue weighted by molar-refractivity contribution is 8.14. The van der Waals surface area contributed by atoms with Crippen LogP contribution >= 0.6 is 11.8 Å². The van der Waals surface area contributed by atoms with Crippen LogP contribution in [0.2, 0.25) is 0 Å². The van der Waals surface area contributed by atoms with Gasteiger partial charge in [-0.05, 0) is 12.8 Å². The fourth-order valence-corrected chi connectivity index (χ4v) is 2.97. The summed E-state index contributed by atoms with van der Waals surface area (Å²) in [7, 11) is 0. The summed E-state index contributed by atoms with van der Waals surface area (Å²) in [4.78, 5) is 37.9. The average Bonchev–Trinajstić information content (AvgIpc) is 2.93. The Morgan fingerprint density at radius 3 is 2.89 bits per heavy atom. The molecule has 0 spiro atoms. The molecule has 0 radical (unpaired) electrons. The van der Waals surface area contributed by atoms with E-state index >= 15 is 0 Å². The number of carbonyl (C=O) groups excluding carboxylic acids is 3. The molecule has 0 bridgehead atoms. The van der Waals surface area contributed by atoms with Crippen molar-refractivity contribution >= 4 is 28.9 Å². The van der Waals surface area contributed by atoms with Gasteiger partial charge in [-0.15, -0.1) is 0 Å². The Morgan fingerprint density at radius 1 is 1.50 bits per heavy atom. The van der Waals surface area contributed by atoms with Crippen molar-refractivity contribution in [3.63, 3.8) is 0 Å². The van der Waals surface area contributed by atoms with Crippen molar-refractivity contribution in [2.45, 2.75) is 25.8 Å². The Bertz CT molecular complexity index is 359. The third-order valence-electron chi connectivity index (χ3n) is 3.13. The van der Waals surface area contributed by atoms with Gasteiger partial charge in [0.05, 0.1) is 11.8 Å². The fourth-order valence-electron chi connectivity index (χ4n) is 2.20. The quantitative estimate of drug-likeness (QED) is 0.827. The largest absolute Gasteiger partial charge is 0.338 e. The minimum absolute atomic E-state index is 0.105. The van der Waals surface area contributed by atoms with Gasteiger partial charge < -0.3 is 10.2 Å². The first-order valence-electron chi connectivity index (χ1n) is 6.15. The number of hydrogen-bond acceptors (Lipinski definition) is 4. The molecule has 0 aromatic heterocycles. The zero-order chi connectivity index (χ0) is 13.1. The second kappa shape index (κ2) is 5.60. The third-order valence-corrected chi connectivity index (χ3v) is 3.96. The van der Waals surface area contributed by atoms with E-state index in [1.54, 1.807) is 4.90 Å². The Labute approximate surface area is 110 Å². The first-order chi connectivity index (χ1) is 8.63.